The number of hydrogen-bond donors (Lipinski definition) is 1. The molecule has 0 aliphatic carbocycles. The number of amides is 1. The lowest BCUT2D eigenvalue weighted by atomic mass is 9.81. The van der Waals surface area contributed by atoms with Gasteiger partial charge in [-0.25, -0.2) is 4.79 Å². The third kappa shape index (κ3) is 3.35. The molecule has 4 heteroatoms. The molecule has 2 saturated heterocycles. The summed E-state index contributed by atoms with van der Waals surface area (Å²) in [5.74, 6) is 1.42. The molecule has 0 aromatic rings. The van der Waals surface area contributed by atoms with Gasteiger partial charge in [-0.3, -0.25) is 0 Å². The first-order valence-electron chi connectivity index (χ1n) is 6.64. The first kappa shape index (κ1) is 12.7. The molecule has 0 unspecified atom stereocenters. The zero-order chi connectivity index (χ0) is 12.5. The maximum Gasteiger partial charge on any atom is 0.410 e. The van der Waals surface area contributed by atoms with Crippen molar-refractivity contribution in [3.63, 3.8) is 0 Å². The number of hydrogen-bond acceptors (Lipinski definition) is 3. The van der Waals surface area contributed by atoms with Crippen LogP contribution in [0, 0.1) is 11.8 Å². The molecule has 0 radical (unpaired) electrons. The van der Waals surface area contributed by atoms with E-state index in [4.69, 9.17) is 4.74 Å². The predicted molar refractivity (Wildman–Crippen MR) is 66.9 cm³/mol. The highest BCUT2D eigenvalue weighted by atomic mass is 16.6. The molecular weight excluding hydrogens is 216 g/mol. The van der Waals surface area contributed by atoms with Gasteiger partial charge in [0.2, 0.25) is 0 Å². The molecule has 17 heavy (non-hydrogen) atoms. The highest BCUT2D eigenvalue weighted by Gasteiger charge is 2.34. The average molecular weight is 240 g/mol. The lowest BCUT2D eigenvalue weighted by molar-refractivity contribution is 0.00738. The second-order valence-corrected chi connectivity index (χ2v) is 6.23. The molecule has 2 aliphatic heterocycles. The molecule has 2 fully saturated rings. The van der Waals surface area contributed by atoms with Gasteiger partial charge in [0.1, 0.15) is 5.60 Å². The normalized spacial score (nSPS) is 29.7. The van der Waals surface area contributed by atoms with Crippen molar-refractivity contribution in [3.05, 3.63) is 0 Å². The van der Waals surface area contributed by atoms with E-state index in [0.717, 1.165) is 38.5 Å². The van der Waals surface area contributed by atoms with E-state index < -0.39 is 5.60 Å². The van der Waals surface area contributed by atoms with Crippen LogP contribution in [0.25, 0.3) is 0 Å². The van der Waals surface area contributed by atoms with Gasteiger partial charge in [-0.15, -0.1) is 0 Å². The SMILES string of the molecule is CC(C)(C)OC(=O)N1CC[C@H]2CCNC[C@H]2C1. The number of nitrogens with zero attached hydrogens (tertiary/aromatic N) is 1. The molecule has 0 spiro atoms. The highest BCUT2D eigenvalue weighted by molar-refractivity contribution is 5.68. The second-order valence-electron chi connectivity index (χ2n) is 6.23. The van der Waals surface area contributed by atoms with Gasteiger partial charge in [-0.05, 0) is 58.5 Å². The molecule has 4 nitrogen and oxygen atoms in total. The molecule has 2 aliphatic rings. The Labute approximate surface area is 104 Å². The van der Waals surface area contributed by atoms with E-state index in [1.54, 1.807) is 0 Å². The fourth-order valence-electron chi connectivity index (χ4n) is 2.76. The maximum absolute atomic E-state index is 12.0. The molecule has 1 amide bonds. The Morgan fingerprint density at radius 3 is 2.76 bits per heavy atom. The Kier molecular flexibility index (Phi) is 3.61. The topological polar surface area (TPSA) is 41.6 Å². The fourth-order valence-corrected chi connectivity index (χ4v) is 2.76. The fraction of sp³-hybridized carbons (Fsp3) is 0.923. The Morgan fingerprint density at radius 2 is 2.06 bits per heavy atom. The summed E-state index contributed by atoms with van der Waals surface area (Å²) < 4.78 is 5.42. The van der Waals surface area contributed by atoms with Gasteiger partial charge >= 0.3 is 6.09 Å². The minimum atomic E-state index is -0.390. The van der Waals surface area contributed by atoms with Crippen molar-refractivity contribution in [3.8, 4) is 0 Å². The summed E-state index contributed by atoms with van der Waals surface area (Å²) in [5.41, 5.74) is -0.390. The largest absolute Gasteiger partial charge is 0.444 e. The number of carbonyl (C=O) groups excluding carboxylic acids is 1. The molecule has 0 aromatic carbocycles. The van der Waals surface area contributed by atoms with Gasteiger partial charge in [0.15, 0.2) is 0 Å². The van der Waals surface area contributed by atoms with Gasteiger partial charge in [-0.2, -0.15) is 0 Å². The minimum Gasteiger partial charge on any atom is -0.444 e. The van der Waals surface area contributed by atoms with E-state index in [1.807, 2.05) is 25.7 Å². The number of likely N-dealkylation sites (tertiary alicyclic amines) is 1. The van der Waals surface area contributed by atoms with Crippen molar-refractivity contribution < 1.29 is 9.53 Å². The van der Waals surface area contributed by atoms with Crippen LogP contribution >= 0.6 is 0 Å². The van der Waals surface area contributed by atoms with Crippen LogP contribution in [0.1, 0.15) is 33.6 Å². The summed E-state index contributed by atoms with van der Waals surface area (Å²) >= 11 is 0. The Hall–Kier alpha value is -0.770. The number of fused-ring (bicyclic) bond motifs is 1. The van der Waals surface area contributed by atoms with Gasteiger partial charge in [0, 0.05) is 13.1 Å². The van der Waals surface area contributed by atoms with Crippen LogP contribution < -0.4 is 5.32 Å². The molecule has 2 atom stereocenters. The van der Waals surface area contributed by atoms with Crippen molar-refractivity contribution >= 4 is 6.09 Å². The standard InChI is InChI=1S/C13H24N2O2/c1-13(2,3)17-12(16)15-7-5-10-4-6-14-8-11(10)9-15/h10-11,14H,4-9H2,1-3H3/t10-,11+/m1/s1. The summed E-state index contributed by atoms with van der Waals surface area (Å²) in [6, 6.07) is 0. The Morgan fingerprint density at radius 1 is 1.29 bits per heavy atom. The van der Waals surface area contributed by atoms with Crippen molar-refractivity contribution in [1.29, 1.82) is 0 Å². The number of carbonyl (C=O) groups is 1. The molecule has 0 bridgehead atoms. The first-order chi connectivity index (χ1) is 7.96. The highest BCUT2D eigenvalue weighted by Crippen LogP contribution is 2.28. The first-order valence-corrected chi connectivity index (χ1v) is 6.64. The summed E-state index contributed by atoms with van der Waals surface area (Å²) in [7, 11) is 0. The van der Waals surface area contributed by atoms with E-state index in [1.165, 1.54) is 6.42 Å². The van der Waals surface area contributed by atoms with Crippen LogP contribution in [0.4, 0.5) is 4.79 Å². The second kappa shape index (κ2) is 4.84. The van der Waals surface area contributed by atoms with E-state index in [2.05, 4.69) is 5.32 Å². The van der Waals surface area contributed by atoms with Gasteiger partial charge < -0.3 is 15.0 Å². The summed E-state index contributed by atoms with van der Waals surface area (Å²) in [6.07, 6.45) is 2.24. The quantitative estimate of drug-likeness (QED) is 0.702. The van der Waals surface area contributed by atoms with Crippen molar-refractivity contribution in [1.82, 2.24) is 10.2 Å². The molecule has 2 rings (SSSR count). The van der Waals surface area contributed by atoms with Crippen LogP contribution in [0.5, 0.6) is 0 Å². The zero-order valence-corrected chi connectivity index (χ0v) is 11.2. The van der Waals surface area contributed by atoms with Crippen LogP contribution in [-0.4, -0.2) is 42.8 Å². The van der Waals surface area contributed by atoms with Crippen molar-refractivity contribution in [2.75, 3.05) is 26.2 Å². The van der Waals surface area contributed by atoms with Gasteiger partial charge in [0.25, 0.3) is 0 Å². The van der Waals surface area contributed by atoms with Crippen LogP contribution in [0.3, 0.4) is 0 Å². The van der Waals surface area contributed by atoms with E-state index in [0.29, 0.717) is 5.92 Å². The monoisotopic (exact) mass is 240 g/mol. The molecular formula is C13H24N2O2. The average Bonchev–Trinajstić information content (AvgIpc) is 2.26. The zero-order valence-electron chi connectivity index (χ0n) is 11.2. The molecule has 2 heterocycles. The van der Waals surface area contributed by atoms with Crippen molar-refractivity contribution in [2.24, 2.45) is 11.8 Å². The summed E-state index contributed by atoms with van der Waals surface area (Å²) in [4.78, 5) is 13.8. The summed E-state index contributed by atoms with van der Waals surface area (Å²) in [6.45, 7) is 9.64. The van der Waals surface area contributed by atoms with E-state index >= 15 is 0 Å². The van der Waals surface area contributed by atoms with Crippen LogP contribution in [-0.2, 0) is 4.74 Å². The van der Waals surface area contributed by atoms with Gasteiger partial charge in [0.05, 0.1) is 0 Å². The third-order valence-electron chi connectivity index (χ3n) is 3.64. The summed E-state index contributed by atoms with van der Waals surface area (Å²) in [5, 5.41) is 3.41. The molecule has 0 saturated carbocycles. The lowest BCUT2D eigenvalue weighted by Crippen LogP contribution is -2.51. The Bertz CT molecular complexity index is 286. The number of ether oxygens (including phenoxy) is 1. The third-order valence-corrected chi connectivity index (χ3v) is 3.64. The number of piperidine rings is 2. The molecule has 98 valence electrons. The van der Waals surface area contributed by atoms with Crippen LogP contribution in [0.15, 0.2) is 0 Å². The Balaban J connectivity index is 1.89. The van der Waals surface area contributed by atoms with E-state index in [9.17, 15) is 4.79 Å². The molecule has 1 N–H and O–H groups in total. The van der Waals surface area contributed by atoms with Crippen molar-refractivity contribution in [2.45, 2.75) is 39.2 Å². The molecule has 0 aromatic heterocycles. The van der Waals surface area contributed by atoms with Crippen LogP contribution in [0.2, 0.25) is 0 Å². The predicted octanol–water partition coefficient (Wildman–Crippen LogP) is 1.85. The number of rotatable bonds is 0. The van der Waals surface area contributed by atoms with Gasteiger partial charge in [-0.1, -0.05) is 0 Å². The maximum atomic E-state index is 12.0. The van der Waals surface area contributed by atoms with E-state index in [-0.39, 0.29) is 6.09 Å². The minimum absolute atomic E-state index is 0.151. The lowest BCUT2D eigenvalue weighted by Gasteiger charge is -2.41. The number of nitrogens with one attached hydrogen (secondary N) is 1. The smallest absolute Gasteiger partial charge is 0.410 e.